The van der Waals surface area contributed by atoms with Gasteiger partial charge in [-0.1, -0.05) is 11.6 Å². The zero-order valence-corrected chi connectivity index (χ0v) is 11.3. The number of aryl methyl sites for hydroxylation is 2. The quantitative estimate of drug-likeness (QED) is 0.850. The average Bonchev–Trinajstić information content (AvgIpc) is 2.76. The summed E-state index contributed by atoms with van der Waals surface area (Å²) in [7, 11) is 0. The van der Waals surface area contributed by atoms with E-state index in [2.05, 4.69) is 16.5 Å². The molecule has 2 aromatic rings. The second-order valence-corrected chi connectivity index (χ2v) is 4.83. The number of nitrogens with one attached hydrogen (secondary N) is 1. The average molecular weight is 261 g/mol. The van der Waals surface area contributed by atoms with E-state index < -0.39 is 6.10 Å². The van der Waals surface area contributed by atoms with Crippen molar-refractivity contribution in [2.75, 3.05) is 6.54 Å². The third-order valence-electron chi connectivity index (χ3n) is 2.94. The number of aliphatic hydroxyl groups is 1. The summed E-state index contributed by atoms with van der Waals surface area (Å²) in [5.74, 6) is -0.0725. The van der Waals surface area contributed by atoms with Crippen LogP contribution in [0.25, 0.3) is 10.9 Å². The molecule has 1 unspecified atom stereocenters. The van der Waals surface area contributed by atoms with Gasteiger partial charge in [0.05, 0.1) is 24.4 Å². The van der Waals surface area contributed by atoms with Crippen molar-refractivity contribution >= 4 is 16.8 Å². The van der Waals surface area contributed by atoms with E-state index in [-0.39, 0.29) is 12.5 Å². The van der Waals surface area contributed by atoms with Crippen LogP contribution in [-0.4, -0.2) is 33.4 Å². The molecule has 0 aliphatic heterocycles. The maximum absolute atomic E-state index is 11.6. The molecule has 1 aromatic heterocycles. The molecule has 1 atom stereocenters. The SMILES string of the molecule is Cc1ccc2c(cnn2CCC(=O)NCC(C)O)c1. The Morgan fingerprint density at radius 3 is 3.05 bits per heavy atom. The number of hydrogen-bond donors (Lipinski definition) is 2. The van der Waals surface area contributed by atoms with E-state index in [1.807, 2.05) is 29.9 Å². The van der Waals surface area contributed by atoms with Gasteiger partial charge < -0.3 is 10.4 Å². The molecule has 2 N–H and O–H groups in total. The van der Waals surface area contributed by atoms with Crippen LogP contribution in [0, 0.1) is 6.92 Å². The molecule has 1 heterocycles. The van der Waals surface area contributed by atoms with Crippen molar-refractivity contribution in [3.8, 4) is 0 Å². The molecule has 0 aliphatic carbocycles. The van der Waals surface area contributed by atoms with Crippen LogP contribution in [0.5, 0.6) is 0 Å². The van der Waals surface area contributed by atoms with E-state index in [9.17, 15) is 4.79 Å². The normalized spacial score (nSPS) is 12.6. The fourth-order valence-electron chi connectivity index (χ4n) is 1.94. The second-order valence-electron chi connectivity index (χ2n) is 4.83. The number of aromatic nitrogens is 2. The molecular weight excluding hydrogens is 242 g/mol. The molecule has 2 rings (SSSR count). The Morgan fingerprint density at radius 2 is 2.32 bits per heavy atom. The fourth-order valence-corrected chi connectivity index (χ4v) is 1.94. The number of amides is 1. The number of carbonyl (C=O) groups excluding carboxylic acids is 1. The number of rotatable bonds is 5. The lowest BCUT2D eigenvalue weighted by atomic mass is 10.2. The highest BCUT2D eigenvalue weighted by Crippen LogP contribution is 2.15. The predicted molar refractivity (Wildman–Crippen MR) is 73.8 cm³/mol. The monoisotopic (exact) mass is 261 g/mol. The van der Waals surface area contributed by atoms with E-state index in [1.165, 1.54) is 5.56 Å². The van der Waals surface area contributed by atoms with E-state index in [1.54, 1.807) is 6.92 Å². The number of aliphatic hydroxyl groups excluding tert-OH is 1. The van der Waals surface area contributed by atoms with Gasteiger partial charge in [0.2, 0.25) is 5.91 Å². The lowest BCUT2D eigenvalue weighted by Crippen LogP contribution is -2.31. The van der Waals surface area contributed by atoms with Crippen LogP contribution in [0.3, 0.4) is 0 Å². The smallest absolute Gasteiger partial charge is 0.221 e. The summed E-state index contributed by atoms with van der Waals surface area (Å²) in [6.45, 7) is 4.51. The Hall–Kier alpha value is -1.88. The highest BCUT2D eigenvalue weighted by atomic mass is 16.3. The molecule has 0 saturated heterocycles. The van der Waals surface area contributed by atoms with E-state index in [0.717, 1.165) is 10.9 Å². The van der Waals surface area contributed by atoms with Crippen LogP contribution in [-0.2, 0) is 11.3 Å². The molecule has 0 spiro atoms. The van der Waals surface area contributed by atoms with Crippen molar-refractivity contribution < 1.29 is 9.90 Å². The number of nitrogens with zero attached hydrogens (tertiary/aromatic N) is 2. The lowest BCUT2D eigenvalue weighted by Gasteiger charge is -2.07. The maximum atomic E-state index is 11.6. The van der Waals surface area contributed by atoms with Gasteiger partial charge in [0.25, 0.3) is 0 Å². The summed E-state index contributed by atoms with van der Waals surface area (Å²) >= 11 is 0. The second kappa shape index (κ2) is 5.84. The Bertz CT molecular complexity index is 575. The lowest BCUT2D eigenvalue weighted by molar-refractivity contribution is -0.121. The number of fused-ring (bicyclic) bond motifs is 1. The van der Waals surface area contributed by atoms with Gasteiger partial charge in [-0.25, -0.2) is 0 Å². The zero-order chi connectivity index (χ0) is 13.8. The summed E-state index contributed by atoms with van der Waals surface area (Å²) in [4.78, 5) is 11.6. The molecule has 1 aromatic carbocycles. The predicted octanol–water partition coefficient (Wildman–Crippen LogP) is 1.23. The van der Waals surface area contributed by atoms with Crippen LogP contribution in [0.15, 0.2) is 24.4 Å². The molecule has 0 radical (unpaired) electrons. The van der Waals surface area contributed by atoms with Gasteiger partial charge in [0.1, 0.15) is 0 Å². The third-order valence-corrected chi connectivity index (χ3v) is 2.94. The molecule has 0 saturated carbocycles. The number of benzene rings is 1. The van der Waals surface area contributed by atoms with E-state index in [4.69, 9.17) is 5.11 Å². The molecule has 0 aliphatic rings. The first-order valence-electron chi connectivity index (χ1n) is 6.43. The molecule has 1 amide bonds. The van der Waals surface area contributed by atoms with Crippen LogP contribution in [0.4, 0.5) is 0 Å². The molecule has 5 nitrogen and oxygen atoms in total. The zero-order valence-electron chi connectivity index (χ0n) is 11.3. The van der Waals surface area contributed by atoms with Crippen molar-refractivity contribution in [1.29, 1.82) is 0 Å². The van der Waals surface area contributed by atoms with Gasteiger partial charge in [0, 0.05) is 18.4 Å². The van der Waals surface area contributed by atoms with Crippen molar-refractivity contribution in [3.05, 3.63) is 30.0 Å². The summed E-state index contributed by atoms with van der Waals surface area (Å²) < 4.78 is 1.83. The van der Waals surface area contributed by atoms with Gasteiger partial charge in [-0.3, -0.25) is 9.48 Å². The minimum atomic E-state index is -0.516. The summed E-state index contributed by atoms with van der Waals surface area (Å²) in [5, 5.41) is 17.1. The standard InChI is InChI=1S/C14H19N3O2/c1-10-3-4-13-12(7-10)9-16-17(13)6-5-14(19)15-8-11(2)18/h3-4,7,9,11,18H,5-6,8H2,1-2H3,(H,15,19). The van der Waals surface area contributed by atoms with Gasteiger partial charge in [-0.2, -0.15) is 5.10 Å². The highest BCUT2D eigenvalue weighted by Gasteiger charge is 2.06. The molecular formula is C14H19N3O2. The van der Waals surface area contributed by atoms with Crippen LogP contribution < -0.4 is 5.32 Å². The van der Waals surface area contributed by atoms with Crippen molar-refractivity contribution in [2.45, 2.75) is 32.9 Å². The minimum absolute atomic E-state index is 0.0725. The van der Waals surface area contributed by atoms with E-state index >= 15 is 0 Å². The largest absolute Gasteiger partial charge is 0.392 e. The van der Waals surface area contributed by atoms with Gasteiger partial charge in [-0.05, 0) is 26.0 Å². The molecule has 0 fully saturated rings. The van der Waals surface area contributed by atoms with Crippen LogP contribution in [0.2, 0.25) is 0 Å². The Kier molecular flexibility index (Phi) is 4.16. The maximum Gasteiger partial charge on any atom is 0.221 e. The first-order chi connectivity index (χ1) is 9.06. The summed E-state index contributed by atoms with van der Waals surface area (Å²) in [5.41, 5.74) is 2.23. The Labute approximate surface area is 112 Å². The van der Waals surface area contributed by atoms with Gasteiger partial charge >= 0.3 is 0 Å². The first-order valence-corrected chi connectivity index (χ1v) is 6.43. The summed E-state index contributed by atoms with van der Waals surface area (Å²) in [6.07, 6.45) is 1.66. The van der Waals surface area contributed by atoms with Crippen molar-refractivity contribution in [2.24, 2.45) is 0 Å². The van der Waals surface area contributed by atoms with Gasteiger partial charge in [-0.15, -0.1) is 0 Å². The van der Waals surface area contributed by atoms with Crippen LogP contribution >= 0.6 is 0 Å². The van der Waals surface area contributed by atoms with Gasteiger partial charge in [0.15, 0.2) is 0 Å². The molecule has 5 heteroatoms. The first kappa shape index (κ1) is 13.5. The molecule has 102 valence electrons. The van der Waals surface area contributed by atoms with Crippen molar-refractivity contribution in [3.63, 3.8) is 0 Å². The fraction of sp³-hybridized carbons (Fsp3) is 0.429. The summed E-state index contributed by atoms with van der Waals surface area (Å²) in [6, 6.07) is 6.13. The topological polar surface area (TPSA) is 67.2 Å². The van der Waals surface area contributed by atoms with Crippen LogP contribution in [0.1, 0.15) is 18.9 Å². The molecule has 0 bridgehead atoms. The highest BCUT2D eigenvalue weighted by molar-refractivity contribution is 5.80. The third kappa shape index (κ3) is 3.54. The van der Waals surface area contributed by atoms with E-state index in [0.29, 0.717) is 13.0 Å². The minimum Gasteiger partial charge on any atom is -0.392 e. The Balaban J connectivity index is 1.96. The Morgan fingerprint density at radius 1 is 1.53 bits per heavy atom. The number of carbonyl (C=O) groups is 1. The number of hydrogen-bond acceptors (Lipinski definition) is 3. The molecule has 19 heavy (non-hydrogen) atoms. The van der Waals surface area contributed by atoms with Crippen molar-refractivity contribution in [1.82, 2.24) is 15.1 Å².